The van der Waals surface area contributed by atoms with Crippen molar-refractivity contribution in [1.29, 1.82) is 0 Å². The fraction of sp³-hybridized carbons (Fsp3) is 0.0556. The van der Waals surface area contributed by atoms with Gasteiger partial charge in [-0.15, -0.1) is 0 Å². The molecule has 7 rings (SSSR count). The number of benzene rings is 2. The molecular weight excluding hydrogens is 657 g/mol. The minimum atomic E-state index is -5.02. The molecule has 0 radical (unpaired) electrons. The van der Waals surface area contributed by atoms with E-state index in [9.17, 15) is 17.6 Å². The van der Waals surface area contributed by atoms with E-state index >= 15 is 13.2 Å². The van der Waals surface area contributed by atoms with Gasteiger partial charge in [-0.2, -0.15) is 26.3 Å². The summed E-state index contributed by atoms with van der Waals surface area (Å²) in [5.74, 6) is -6.70. The van der Waals surface area contributed by atoms with Crippen molar-refractivity contribution >= 4 is 63.8 Å². The molecule has 240 valence electrons. The second-order valence-corrected chi connectivity index (χ2v) is 11.4. The van der Waals surface area contributed by atoms with Gasteiger partial charge in [0.2, 0.25) is 0 Å². The summed E-state index contributed by atoms with van der Waals surface area (Å²) >= 11 is 5.03. The Labute approximate surface area is 272 Å². The Hall–Kier alpha value is -5.42. The summed E-state index contributed by atoms with van der Waals surface area (Å²) in [6.07, 6.45) is 2.46. The first-order valence-electron chi connectivity index (χ1n) is 14.4. The fourth-order valence-electron chi connectivity index (χ4n) is 5.82. The fourth-order valence-corrected chi connectivity index (χ4v) is 5.91. The highest BCUT2D eigenvalue weighted by molar-refractivity contribution is 6.22. The van der Waals surface area contributed by atoms with Crippen LogP contribution in [-0.2, 0) is 5.92 Å². The van der Waals surface area contributed by atoms with Gasteiger partial charge in [0.25, 0.3) is 0 Å². The van der Waals surface area contributed by atoms with Gasteiger partial charge in [0.1, 0.15) is 0 Å². The van der Waals surface area contributed by atoms with Crippen LogP contribution in [0.1, 0.15) is 33.9 Å². The SMILES string of the molecule is FC(F)=C(F)c1c2ccc([nH]2)c(-c2ccccc2)c2nc(c(C(F)(F)C(F)(F)Cl)c3nc(c(-c4ccccc4)c4ccc1[nH]4)C=C3)C=C2. The molecule has 2 N–H and O–H groups in total. The number of halogens is 8. The number of aromatic nitrogens is 4. The smallest absolute Gasteiger partial charge is 0.354 e. The van der Waals surface area contributed by atoms with Crippen molar-refractivity contribution in [3.63, 3.8) is 0 Å². The van der Waals surface area contributed by atoms with Crippen LogP contribution >= 0.6 is 11.6 Å². The third-order valence-electron chi connectivity index (χ3n) is 7.93. The predicted molar refractivity (Wildman–Crippen MR) is 175 cm³/mol. The highest BCUT2D eigenvalue weighted by atomic mass is 35.5. The molecule has 0 amide bonds. The molecule has 2 aromatic carbocycles. The van der Waals surface area contributed by atoms with Crippen molar-refractivity contribution in [3.05, 3.63) is 125 Å². The van der Waals surface area contributed by atoms with Crippen LogP contribution in [0.2, 0.25) is 0 Å². The van der Waals surface area contributed by atoms with E-state index in [0.717, 1.165) is 12.2 Å². The van der Waals surface area contributed by atoms with Crippen LogP contribution in [0.5, 0.6) is 0 Å². The Morgan fingerprint density at radius 1 is 0.542 bits per heavy atom. The normalized spacial score (nSPS) is 12.8. The quantitative estimate of drug-likeness (QED) is 0.141. The van der Waals surface area contributed by atoms with E-state index in [1.807, 2.05) is 0 Å². The van der Waals surface area contributed by atoms with Crippen LogP contribution in [-0.4, -0.2) is 25.3 Å². The molecule has 0 atom stereocenters. The molecule has 0 saturated carbocycles. The topological polar surface area (TPSA) is 57.4 Å². The van der Waals surface area contributed by atoms with E-state index in [1.165, 1.54) is 36.4 Å². The molecule has 0 fully saturated rings. The summed E-state index contributed by atoms with van der Waals surface area (Å²) in [5, 5.41) is -5.02. The Kier molecular flexibility index (Phi) is 7.59. The number of aromatic amines is 2. The van der Waals surface area contributed by atoms with Crippen LogP contribution in [0.4, 0.5) is 30.7 Å². The van der Waals surface area contributed by atoms with Crippen LogP contribution < -0.4 is 0 Å². The largest absolute Gasteiger partial charge is 0.388 e. The second kappa shape index (κ2) is 11.7. The van der Waals surface area contributed by atoms with Crippen molar-refractivity contribution in [2.45, 2.75) is 11.3 Å². The van der Waals surface area contributed by atoms with Gasteiger partial charge in [0, 0.05) is 22.2 Å². The Morgan fingerprint density at radius 3 is 1.33 bits per heavy atom. The van der Waals surface area contributed by atoms with Crippen molar-refractivity contribution in [2.75, 3.05) is 0 Å². The average Bonchev–Trinajstić information content (AvgIpc) is 3.88. The number of nitrogens with one attached hydrogen (secondary N) is 2. The first-order valence-corrected chi connectivity index (χ1v) is 14.7. The van der Waals surface area contributed by atoms with Gasteiger partial charge in [0.15, 0.2) is 5.83 Å². The summed E-state index contributed by atoms with van der Waals surface area (Å²) < 4.78 is 104. The third-order valence-corrected chi connectivity index (χ3v) is 8.17. The Bertz CT molecular complexity index is 2190. The maximum absolute atomic E-state index is 15.7. The molecule has 0 saturated heterocycles. The number of H-pyrrole nitrogens is 2. The van der Waals surface area contributed by atoms with Gasteiger partial charge in [-0.1, -0.05) is 60.7 Å². The number of nitrogens with zero attached hydrogens (tertiary/aromatic N) is 2. The van der Waals surface area contributed by atoms with Gasteiger partial charge < -0.3 is 9.97 Å². The lowest BCUT2D eigenvalue weighted by Crippen LogP contribution is -2.34. The molecule has 2 aliphatic heterocycles. The van der Waals surface area contributed by atoms with Crippen molar-refractivity contribution in [2.24, 2.45) is 0 Å². The van der Waals surface area contributed by atoms with E-state index in [1.54, 1.807) is 60.7 Å². The number of alkyl halides is 5. The first kappa shape index (κ1) is 31.2. The van der Waals surface area contributed by atoms with Gasteiger partial charge in [-0.25, -0.2) is 14.4 Å². The summed E-state index contributed by atoms with van der Waals surface area (Å²) in [7, 11) is 0. The highest BCUT2D eigenvalue weighted by Gasteiger charge is 2.58. The zero-order valence-corrected chi connectivity index (χ0v) is 25.1. The molecule has 5 aromatic rings. The number of rotatable bonds is 5. The van der Waals surface area contributed by atoms with Crippen LogP contribution in [0, 0.1) is 0 Å². The molecular formula is C36H20ClF7N4. The van der Waals surface area contributed by atoms with Gasteiger partial charge in [0.05, 0.1) is 44.9 Å². The molecule has 3 aromatic heterocycles. The average molecular weight is 677 g/mol. The molecule has 48 heavy (non-hydrogen) atoms. The lowest BCUT2D eigenvalue weighted by Gasteiger charge is -2.22. The lowest BCUT2D eigenvalue weighted by molar-refractivity contribution is -0.164. The monoisotopic (exact) mass is 676 g/mol. The molecule has 4 nitrogen and oxygen atoms in total. The van der Waals surface area contributed by atoms with Crippen LogP contribution in [0.15, 0.2) is 91.0 Å². The van der Waals surface area contributed by atoms with E-state index in [2.05, 4.69) is 19.9 Å². The second-order valence-electron chi connectivity index (χ2n) is 10.9. The van der Waals surface area contributed by atoms with E-state index in [4.69, 9.17) is 11.6 Å². The number of fused-ring (bicyclic) bond motifs is 8. The molecule has 2 aliphatic rings. The lowest BCUT2D eigenvalue weighted by atomic mass is 10.0. The molecule has 0 unspecified atom stereocenters. The van der Waals surface area contributed by atoms with Crippen molar-refractivity contribution in [3.8, 4) is 22.3 Å². The first-order chi connectivity index (χ1) is 22.9. The van der Waals surface area contributed by atoms with Crippen molar-refractivity contribution in [1.82, 2.24) is 19.9 Å². The summed E-state index contributed by atoms with van der Waals surface area (Å²) in [4.78, 5) is 14.7. The number of hydrogen-bond acceptors (Lipinski definition) is 2. The van der Waals surface area contributed by atoms with E-state index in [-0.39, 0.29) is 33.5 Å². The Balaban J connectivity index is 1.73. The summed E-state index contributed by atoms with van der Waals surface area (Å²) in [6, 6.07) is 22.8. The number of hydrogen-bond donors (Lipinski definition) is 2. The molecule has 12 heteroatoms. The van der Waals surface area contributed by atoms with Crippen LogP contribution in [0.25, 0.3) is 74.5 Å². The van der Waals surface area contributed by atoms with Gasteiger partial charge in [-0.05, 0) is 71.3 Å². The zero-order valence-electron chi connectivity index (χ0n) is 24.3. The molecule has 0 aliphatic carbocycles. The van der Waals surface area contributed by atoms with Gasteiger partial charge >= 0.3 is 17.4 Å². The standard InChI is InChI=1S/C36H20ClF7N4/c37-36(43,44)35(41,42)32-27-17-15-23(47-27)29(19-7-3-1-4-8-19)21-11-13-25(45-21)31(33(38)34(39)40)26-14-12-22(46-26)30(20-9-5-2-6-10-20)24-16-18-28(32)48-24/h1-18,45-46H. The summed E-state index contributed by atoms with van der Waals surface area (Å²) in [5.41, 5.74) is -0.494. The maximum Gasteiger partial charge on any atom is 0.388 e. The third kappa shape index (κ3) is 5.29. The van der Waals surface area contributed by atoms with E-state index in [0.29, 0.717) is 22.3 Å². The molecule has 5 heterocycles. The molecule has 0 spiro atoms. The van der Waals surface area contributed by atoms with Gasteiger partial charge in [-0.3, -0.25) is 0 Å². The maximum atomic E-state index is 15.7. The minimum absolute atomic E-state index is 0.0356. The molecule has 8 bridgehead atoms. The summed E-state index contributed by atoms with van der Waals surface area (Å²) in [6.45, 7) is 0. The highest BCUT2D eigenvalue weighted by Crippen LogP contribution is 2.49. The Morgan fingerprint density at radius 2 is 0.938 bits per heavy atom. The minimum Gasteiger partial charge on any atom is -0.354 e. The zero-order chi connectivity index (χ0) is 33.8. The predicted octanol–water partition coefficient (Wildman–Crippen LogP) is 11.4. The van der Waals surface area contributed by atoms with E-state index < -0.39 is 45.7 Å². The van der Waals surface area contributed by atoms with Crippen molar-refractivity contribution < 1.29 is 30.7 Å². The van der Waals surface area contributed by atoms with Crippen LogP contribution in [0.3, 0.4) is 0 Å².